The standard InChI is InChI=1S/C8H12N2.2ClH/c1-6(9)7-4-2-3-5-8(7)10;;/h2-6H,9-10H2,1H3;2*1H. The highest BCUT2D eigenvalue weighted by atomic mass is 35.5. The first-order chi connectivity index (χ1) is 4.72. The topological polar surface area (TPSA) is 52.0 Å². The van der Waals surface area contributed by atoms with E-state index in [0.717, 1.165) is 11.3 Å². The third kappa shape index (κ3) is 3.30. The minimum absolute atomic E-state index is 0. The minimum atomic E-state index is 0. The van der Waals surface area contributed by atoms with Crippen LogP contribution in [0.15, 0.2) is 24.3 Å². The molecule has 70 valence electrons. The van der Waals surface area contributed by atoms with Crippen molar-refractivity contribution in [1.29, 1.82) is 0 Å². The minimum Gasteiger partial charge on any atom is -0.398 e. The first-order valence-corrected chi connectivity index (χ1v) is 3.32. The second-order valence-electron chi connectivity index (χ2n) is 2.42. The highest BCUT2D eigenvalue weighted by Crippen LogP contribution is 2.16. The van der Waals surface area contributed by atoms with Gasteiger partial charge in [-0.15, -0.1) is 24.8 Å². The van der Waals surface area contributed by atoms with Gasteiger partial charge in [0.25, 0.3) is 0 Å². The Balaban J connectivity index is 0. The van der Waals surface area contributed by atoms with Crippen molar-refractivity contribution in [2.45, 2.75) is 13.0 Å². The van der Waals surface area contributed by atoms with E-state index < -0.39 is 0 Å². The predicted molar refractivity (Wildman–Crippen MR) is 58.0 cm³/mol. The van der Waals surface area contributed by atoms with Crippen LogP contribution < -0.4 is 11.5 Å². The molecule has 12 heavy (non-hydrogen) atoms. The third-order valence-electron chi connectivity index (χ3n) is 1.49. The molecule has 0 amide bonds. The number of anilines is 1. The SMILES string of the molecule is CC(N)c1ccccc1N.Cl.Cl. The lowest BCUT2D eigenvalue weighted by Gasteiger charge is -2.07. The summed E-state index contributed by atoms with van der Waals surface area (Å²) >= 11 is 0. The van der Waals surface area contributed by atoms with Crippen molar-refractivity contribution in [2.75, 3.05) is 5.73 Å². The first kappa shape index (κ1) is 14.1. The van der Waals surface area contributed by atoms with Gasteiger partial charge < -0.3 is 11.5 Å². The average Bonchev–Trinajstić information content (AvgIpc) is 1.88. The normalized spacial score (nSPS) is 10.8. The van der Waals surface area contributed by atoms with Gasteiger partial charge in [-0.2, -0.15) is 0 Å². The molecule has 2 nitrogen and oxygen atoms in total. The monoisotopic (exact) mass is 208 g/mol. The summed E-state index contributed by atoms with van der Waals surface area (Å²) in [5, 5.41) is 0. The summed E-state index contributed by atoms with van der Waals surface area (Å²) in [7, 11) is 0. The van der Waals surface area contributed by atoms with Crippen molar-refractivity contribution in [3.05, 3.63) is 29.8 Å². The summed E-state index contributed by atoms with van der Waals surface area (Å²) in [5.74, 6) is 0. The van der Waals surface area contributed by atoms with E-state index in [0.29, 0.717) is 0 Å². The van der Waals surface area contributed by atoms with Gasteiger partial charge in [-0.1, -0.05) is 18.2 Å². The molecular weight excluding hydrogens is 195 g/mol. The molecule has 0 aliphatic rings. The lowest BCUT2D eigenvalue weighted by atomic mass is 10.1. The quantitative estimate of drug-likeness (QED) is 0.696. The highest BCUT2D eigenvalue weighted by Gasteiger charge is 2.00. The largest absolute Gasteiger partial charge is 0.398 e. The van der Waals surface area contributed by atoms with Crippen LogP contribution in [0.3, 0.4) is 0 Å². The fourth-order valence-corrected chi connectivity index (χ4v) is 0.926. The number of hydrogen-bond acceptors (Lipinski definition) is 2. The number of benzene rings is 1. The van der Waals surface area contributed by atoms with Gasteiger partial charge in [0.1, 0.15) is 0 Å². The van der Waals surface area contributed by atoms with Gasteiger partial charge in [-0.05, 0) is 18.6 Å². The fraction of sp³-hybridized carbons (Fsp3) is 0.250. The Morgan fingerprint density at radius 2 is 1.67 bits per heavy atom. The van der Waals surface area contributed by atoms with Gasteiger partial charge in [-0.3, -0.25) is 0 Å². The highest BCUT2D eigenvalue weighted by molar-refractivity contribution is 5.85. The molecule has 0 radical (unpaired) electrons. The zero-order valence-corrected chi connectivity index (χ0v) is 8.49. The van der Waals surface area contributed by atoms with Crippen LogP contribution >= 0.6 is 24.8 Å². The van der Waals surface area contributed by atoms with Gasteiger partial charge >= 0.3 is 0 Å². The van der Waals surface area contributed by atoms with E-state index in [1.54, 1.807) is 0 Å². The molecule has 4 heteroatoms. The third-order valence-corrected chi connectivity index (χ3v) is 1.49. The van der Waals surface area contributed by atoms with E-state index in [4.69, 9.17) is 11.5 Å². The number of halogens is 2. The number of para-hydroxylation sites is 1. The second kappa shape index (κ2) is 6.12. The number of nitrogen functional groups attached to an aromatic ring is 1. The summed E-state index contributed by atoms with van der Waals surface area (Å²) in [4.78, 5) is 0. The molecule has 1 rings (SSSR count). The molecule has 0 spiro atoms. The van der Waals surface area contributed by atoms with Crippen molar-refractivity contribution in [1.82, 2.24) is 0 Å². The maximum absolute atomic E-state index is 5.64. The van der Waals surface area contributed by atoms with E-state index in [-0.39, 0.29) is 30.9 Å². The van der Waals surface area contributed by atoms with Crippen molar-refractivity contribution >= 4 is 30.5 Å². The van der Waals surface area contributed by atoms with Gasteiger partial charge in [0, 0.05) is 11.7 Å². The van der Waals surface area contributed by atoms with Gasteiger partial charge in [0.2, 0.25) is 0 Å². The molecule has 4 N–H and O–H groups in total. The second-order valence-corrected chi connectivity index (χ2v) is 2.42. The zero-order valence-electron chi connectivity index (χ0n) is 6.86. The summed E-state index contributed by atoms with van der Waals surface area (Å²) in [5.41, 5.74) is 13.1. The van der Waals surface area contributed by atoms with Crippen LogP contribution in [0.5, 0.6) is 0 Å². The number of rotatable bonds is 1. The maximum Gasteiger partial charge on any atom is 0.0362 e. The first-order valence-electron chi connectivity index (χ1n) is 3.32. The predicted octanol–water partition coefficient (Wildman–Crippen LogP) is 2.13. The van der Waals surface area contributed by atoms with Crippen molar-refractivity contribution in [3.8, 4) is 0 Å². The van der Waals surface area contributed by atoms with Crippen molar-refractivity contribution in [2.24, 2.45) is 5.73 Å². The van der Waals surface area contributed by atoms with E-state index in [2.05, 4.69) is 0 Å². The Morgan fingerprint density at radius 1 is 1.17 bits per heavy atom. The lowest BCUT2D eigenvalue weighted by molar-refractivity contribution is 0.821. The fourth-order valence-electron chi connectivity index (χ4n) is 0.926. The van der Waals surface area contributed by atoms with Gasteiger partial charge in [0.15, 0.2) is 0 Å². The molecule has 1 aromatic rings. The summed E-state index contributed by atoms with van der Waals surface area (Å²) < 4.78 is 0. The Morgan fingerprint density at radius 3 is 2.00 bits per heavy atom. The summed E-state index contributed by atoms with van der Waals surface area (Å²) in [6.07, 6.45) is 0. The summed E-state index contributed by atoms with van der Waals surface area (Å²) in [6, 6.07) is 7.68. The molecular formula is C8H14Cl2N2. The van der Waals surface area contributed by atoms with E-state index in [9.17, 15) is 0 Å². The lowest BCUT2D eigenvalue weighted by Crippen LogP contribution is -2.07. The molecule has 1 unspecified atom stereocenters. The van der Waals surface area contributed by atoms with E-state index >= 15 is 0 Å². The van der Waals surface area contributed by atoms with Crippen LogP contribution in [0.25, 0.3) is 0 Å². The van der Waals surface area contributed by atoms with Gasteiger partial charge in [-0.25, -0.2) is 0 Å². The van der Waals surface area contributed by atoms with Crippen LogP contribution in [-0.2, 0) is 0 Å². The molecule has 0 aliphatic heterocycles. The van der Waals surface area contributed by atoms with Crippen LogP contribution in [0.1, 0.15) is 18.5 Å². The van der Waals surface area contributed by atoms with Crippen molar-refractivity contribution < 1.29 is 0 Å². The molecule has 0 aromatic heterocycles. The van der Waals surface area contributed by atoms with Crippen LogP contribution in [0.4, 0.5) is 5.69 Å². The molecule has 0 aliphatic carbocycles. The molecule has 0 fully saturated rings. The molecule has 0 saturated carbocycles. The van der Waals surface area contributed by atoms with Crippen LogP contribution in [0.2, 0.25) is 0 Å². The molecule has 0 saturated heterocycles. The average molecular weight is 209 g/mol. The number of nitrogens with two attached hydrogens (primary N) is 2. The Bertz CT molecular complexity index is 226. The Labute approximate surface area is 85.1 Å². The van der Waals surface area contributed by atoms with E-state index in [1.165, 1.54) is 0 Å². The Hall–Kier alpha value is -0.440. The van der Waals surface area contributed by atoms with Crippen molar-refractivity contribution in [3.63, 3.8) is 0 Å². The van der Waals surface area contributed by atoms with Gasteiger partial charge in [0.05, 0.1) is 0 Å². The molecule has 1 aromatic carbocycles. The molecule has 0 bridgehead atoms. The Kier molecular flexibility index (Phi) is 7.19. The van der Waals surface area contributed by atoms with Crippen LogP contribution in [-0.4, -0.2) is 0 Å². The number of hydrogen-bond donors (Lipinski definition) is 2. The van der Waals surface area contributed by atoms with Crippen LogP contribution in [0, 0.1) is 0 Å². The van der Waals surface area contributed by atoms with E-state index in [1.807, 2.05) is 31.2 Å². The molecule has 0 heterocycles. The molecule has 1 atom stereocenters. The zero-order chi connectivity index (χ0) is 7.56. The maximum atomic E-state index is 5.64. The smallest absolute Gasteiger partial charge is 0.0362 e. The summed E-state index contributed by atoms with van der Waals surface area (Å²) in [6.45, 7) is 1.92.